The van der Waals surface area contributed by atoms with Gasteiger partial charge in [0, 0.05) is 26.2 Å². The Hall–Kier alpha value is -2.00. The molecule has 1 aliphatic heterocycles. The highest BCUT2D eigenvalue weighted by atomic mass is 32.2. The summed E-state index contributed by atoms with van der Waals surface area (Å²) in [4.78, 5) is 2.31. The third-order valence-corrected chi connectivity index (χ3v) is 6.86. The lowest BCUT2D eigenvalue weighted by molar-refractivity contribution is 0.0685. The lowest BCUT2D eigenvalue weighted by Gasteiger charge is -2.24. The van der Waals surface area contributed by atoms with Crippen LogP contribution in [0.5, 0.6) is 5.75 Å². The highest BCUT2D eigenvalue weighted by molar-refractivity contribution is 7.89. The molecular weight excluding hydrogens is 395 g/mol. The molecule has 6 nitrogen and oxygen atoms in total. The lowest BCUT2D eigenvalue weighted by atomic mass is 10.2. The van der Waals surface area contributed by atoms with Crippen LogP contribution in [0.15, 0.2) is 53.4 Å². The largest absolute Gasteiger partial charge is 0.488 e. The number of halogens is 1. The van der Waals surface area contributed by atoms with E-state index in [-0.39, 0.29) is 12.4 Å². The first-order valence-corrected chi connectivity index (χ1v) is 11.1. The van der Waals surface area contributed by atoms with Crippen LogP contribution in [0.3, 0.4) is 0 Å². The summed E-state index contributed by atoms with van der Waals surface area (Å²) in [7, 11) is -3.53. The van der Waals surface area contributed by atoms with Crippen LogP contribution >= 0.6 is 0 Å². The number of nitrogens with zero attached hydrogens (tertiary/aromatic N) is 2. The second-order valence-corrected chi connectivity index (χ2v) is 9.20. The van der Waals surface area contributed by atoms with Crippen LogP contribution in [0.4, 0.5) is 4.39 Å². The van der Waals surface area contributed by atoms with Gasteiger partial charge in [0.2, 0.25) is 10.0 Å². The van der Waals surface area contributed by atoms with Crippen molar-refractivity contribution in [3.8, 4) is 5.75 Å². The molecule has 1 fully saturated rings. The summed E-state index contributed by atoms with van der Waals surface area (Å²) in [6.07, 6.45) is -0.124. The topological polar surface area (TPSA) is 70.1 Å². The average molecular weight is 423 g/mol. The SMILES string of the molecule is Cc1ccc(S(=O)(=O)N2CCCN(CC(O)COc3ccccc3F)CC2)cc1. The summed E-state index contributed by atoms with van der Waals surface area (Å²) >= 11 is 0. The lowest BCUT2D eigenvalue weighted by Crippen LogP contribution is -2.39. The molecule has 1 atom stereocenters. The van der Waals surface area contributed by atoms with Gasteiger partial charge in [-0.2, -0.15) is 4.31 Å². The van der Waals surface area contributed by atoms with Gasteiger partial charge in [-0.25, -0.2) is 12.8 Å². The molecule has 0 saturated carbocycles. The third kappa shape index (κ3) is 5.76. The smallest absolute Gasteiger partial charge is 0.243 e. The molecular formula is C21H27FN2O4S. The second kappa shape index (κ2) is 9.67. The first kappa shape index (κ1) is 21.7. The normalized spacial score (nSPS) is 17.6. The number of aliphatic hydroxyl groups excluding tert-OH is 1. The summed E-state index contributed by atoms with van der Waals surface area (Å²) in [5.41, 5.74) is 1.01. The molecule has 1 saturated heterocycles. The zero-order chi connectivity index (χ0) is 20.9. The first-order chi connectivity index (χ1) is 13.9. The molecule has 0 aromatic heterocycles. The molecule has 158 valence electrons. The van der Waals surface area contributed by atoms with Crippen LogP contribution in [0.2, 0.25) is 0 Å². The minimum Gasteiger partial charge on any atom is -0.488 e. The minimum absolute atomic E-state index is 0.0250. The van der Waals surface area contributed by atoms with Gasteiger partial charge in [0.15, 0.2) is 11.6 Å². The van der Waals surface area contributed by atoms with E-state index in [4.69, 9.17) is 4.74 Å². The zero-order valence-electron chi connectivity index (χ0n) is 16.5. The molecule has 0 aliphatic carbocycles. The number of aryl methyl sites for hydroxylation is 1. The molecule has 0 bridgehead atoms. The van der Waals surface area contributed by atoms with Crippen molar-refractivity contribution in [1.29, 1.82) is 0 Å². The van der Waals surface area contributed by atoms with Gasteiger partial charge in [-0.05, 0) is 44.2 Å². The van der Waals surface area contributed by atoms with E-state index < -0.39 is 21.9 Å². The Labute approximate surface area is 171 Å². The van der Waals surface area contributed by atoms with Crippen LogP contribution in [0.25, 0.3) is 0 Å². The Bertz CT molecular complexity index is 905. The summed E-state index contributed by atoms with van der Waals surface area (Å²) in [6, 6.07) is 12.9. The highest BCUT2D eigenvalue weighted by Crippen LogP contribution is 2.19. The summed E-state index contributed by atoms with van der Waals surface area (Å²) in [5.74, 6) is -0.357. The number of β-amino-alcohol motifs (C(OH)–C–C–N with tert-alkyl or cyclic N) is 1. The van der Waals surface area contributed by atoms with Crippen molar-refractivity contribution < 1.29 is 22.7 Å². The molecule has 1 N–H and O–H groups in total. The van der Waals surface area contributed by atoms with E-state index in [9.17, 15) is 17.9 Å². The van der Waals surface area contributed by atoms with Crippen LogP contribution in [0.1, 0.15) is 12.0 Å². The van der Waals surface area contributed by atoms with E-state index in [2.05, 4.69) is 0 Å². The van der Waals surface area contributed by atoms with Gasteiger partial charge in [0.1, 0.15) is 12.7 Å². The van der Waals surface area contributed by atoms with Gasteiger partial charge in [-0.15, -0.1) is 0 Å². The van der Waals surface area contributed by atoms with Crippen LogP contribution in [-0.4, -0.2) is 68.2 Å². The standard InChI is InChI=1S/C21H27FN2O4S/c1-17-7-9-19(10-8-17)29(26,27)24-12-4-11-23(13-14-24)15-18(25)16-28-21-6-3-2-5-20(21)22/h2-3,5-10,18,25H,4,11-16H2,1H3. The van der Waals surface area contributed by atoms with Crippen molar-refractivity contribution in [3.63, 3.8) is 0 Å². The Morgan fingerprint density at radius 3 is 2.52 bits per heavy atom. The van der Waals surface area contributed by atoms with E-state index in [1.807, 2.05) is 11.8 Å². The molecule has 1 heterocycles. The second-order valence-electron chi connectivity index (χ2n) is 7.27. The fourth-order valence-corrected chi connectivity index (χ4v) is 4.80. The molecule has 2 aromatic rings. The Balaban J connectivity index is 1.53. The quantitative estimate of drug-likeness (QED) is 0.741. The maximum Gasteiger partial charge on any atom is 0.243 e. The van der Waals surface area contributed by atoms with Gasteiger partial charge in [0.05, 0.1) is 4.90 Å². The maximum atomic E-state index is 13.6. The van der Waals surface area contributed by atoms with Crippen molar-refractivity contribution in [2.75, 3.05) is 39.3 Å². The monoisotopic (exact) mass is 422 g/mol. The van der Waals surface area contributed by atoms with Crippen LogP contribution in [0, 0.1) is 12.7 Å². The summed E-state index contributed by atoms with van der Waals surface area (Å²) in [5, 5.41) is 10.3. The Morgan fingerprint density at radius 2 is 1.79 bits per heavy atom. The van der Waals surface area contributed by atoms with E-state index in [1.54, 1.807) is 36.4 Å². The molecule has 8 heteroatoms. The maximum absolute atomic E-state index is 13.6. The predicted molar refractivity (Wildman–Crippen MR) is 109 cm³/mol. The molecule has 1 unspecified atom stereocenters. The van der Waals surface area contributed by atoms with Gasteiger partial charge < -0.3 is 9.84 Å². The van der Waals surface area contributed by atoms with Gasteiger partial charge >= 0.3 is 0 Å². The Kier molecular flexibility index (Phi) is 7.23. The Morgan fingerprint density at radius 1 is 1.07 bits per heavy atom. The van der Waals surface area contributed by atoms with Crippen LogP contribution in [-0.2, 0) is 10.0 Å². The van der Waals surface area contributed by atoms with E-state index in [0.29, 0.717) is 44.0 Å². The number of rotatable bonds is 7. The van der Waals surface area contributed by atoms with Gasteiger partial charge in [-0.1, -0.05) is 29.8 Å². The van der Waals surface area contributed by atoms with E-state index >= 15 is 0 Å². The van der Waals surface area contributed by atoms with Crippen molar-refractivity contribution in [3.05, 3.63) is 59.9 Å². The van der Waals surface area contributed by atoms with Crippen molar-refractivity contribution in [2.24, 2.45) is 0 Å². The van der Waals surface area contributed by atoms with Gasteiger partial charge in [0.25, 0.3) is 0 Å². The van der Waals surface area contributed by atoms with Crippen LogP contribution < -0.4 is 4.74 Å². The van der Waals surface area contributed by atoms with E-state index in [1.165, 1.54) is 16.4 Å². The average Bonchev–Trinajstić information content (AvgIpc) is 2.94. The molecule has 29 heavy (non-hydrogen) atoms. The predicted octanol–water partition coefficient (Wildman–Crippen LogP) is 2.27. The number of para-hydroxylation sites is 1. The number of ether oxygens (including phenoxy) is 1. The summed E-state index contributed by atoms with van der Waals surface area (Å²) < 4.78 is 46.2. The number of hydrogen-bond donors (Lipinski definition) is 1. The highest BCUT2D eigenvalue weighted by Gasteiger charge is 2.27. The van der Waals surface area contributed by atoms with Crippen molar-refractivity contribution >= 4 is 10.0 Å². The van der Waals surface area contributed by atoms with Crippen molar-refractivity contribution in [2.45, 2.75) is 24.3 Å². The molecule has 2 aromatic carbocycles. The number of benzene rings is 2. The number of sulfonamides is 1. The summed E-state index contributed by atoms with van der Waals surface area (Å²) in [6.45, 7) is 4.22. The zero-order valence-corrected chi connectivity index (χ0v) is 17.3. The molecule has 0 radical (unpaired) electrons. The fraction of sp³-hybridized carbons (Fsp3) is 0.429. The molecule has 1 aliphatic rings. The minimum atomic E-state index is -3.53. The third-order valence-electron chi connectivity index (χ3n) is 4.94. The first-order valence-electron chi connectivity index (χ1n) is 9.71. The fourth-order valence-electron chi connectivity index (χ4n) is 3.33. The van der Waals surface area contributed by atoms with E-state index in [0.717, 1.165) is 5.56 Å². The van der Waals surface area contributed by atoms with Crippen molar-refractivity contribution in [1.82, 2.24) is 9.21 Å². The number of aliphatic hydroxyl groups is 1. The number of hydrogen-bond acceptors (Lipinski definition) is 5. The van der Waals surface area contributed by atoms with Gasteiger partial charge in [-0.3, -0.25) is 4.90 Å². The molecule has 3 rings (SSSR count). The molecule has 0 spiro atoms. The molecule has 0 amide bonds.